The van der Waals surface area contributed by atoms with E-state index in [4.69, 9.17) is 10.2 Å². The van der Waals surface area contributed by atoms with Crippen LogP contribution < -0.4 is 5.73 Å². The molecule has 2 aromatic rings. The summed E-state index contributed by atoms with van der Waals surface area (Å²) in [5.41, 5.74) is 7.21. The Bertz CT molecular complexity index is 721. The lowest BCUT2D eigenvalue weighted by molar-refractivity contribution is -0.384. The lowest BCUT2D eigenvalue weighted by Gasteiger charge is -2.42. The molecule has 3 rings (SSSR count). The Kier molecular flexibility index (Phi) is 4.43. The van der Waals surface area contributed by atoms with Gasteiger partial charge in [0.05, 0.1) is 11.5 Å². The van der Waals surface area contributed by atoms with Gasteiger partial charge in [-0.05, 0) is 36.1 Å². The zero-order valence-corrected chi connectivity index (χ0v) is 14.1. The predicted octanol–water partition coefficient (Wildman–Crippen LogP) is 3.41. The van der Waals surface area contributed by atoms with Gasteiger partial charge in [-0.25, -0.2) is 0 Å². The number of nitrogens with zero attached hydrogens (tertiary/aromatic N) is 2. The van der Waals surface area contributed by atoms with E-state index in [0.717, 1.165) is 43.1 Å². The minimum Gasteiger partial charge on any atom is -0.460 e. The Morgan fingerprint density at radius 3 is 2.62 bits per heavy atom. The van der Waals surface area contributed by atoms with E-state index in [-0.39, 0.29) is 17.1 Å². The maximum Gasteiger partial charge on any atom is 0.269 e. The summed E-state index contributed by atoms with van der Waals surface area (Å²) >= 11 is 0. The molecule has 2 N–H and O–H groups in total. The number of benzene rings is 1. The number of piperidine rings is 1. The Morgan fingerprint density at radius 2 is 2.00 bits per heavy atom. The van der Waals surface area contributed by atoms with Gasteiger partial charge in [0, 0.05) is 36.8 Å². The largest absolute Gasteiger partial charge is 0.460 e. The number of non-ortho nitro benzene ring substituents is 1. The molecule has 128 valence electrons. The highest BCUT2D eigenvalue weighted by Gasteiger charge is 2.33. The van der Waals surface area contributed by atoms with Crippen molar-refractivity contribution < 1.29 is 9.34 Å². The third-order valence-electron chi connectivity index (χ3n) is 4.79. The van der Waals surface area contributed by atoms with Crippen molar-refractivity contribution in [1.82, 2.24) is 4.90 Å². The molecule has 1 aliphatic rings. The van der Waals surface area contributed by atoms with Crippen LogP contribution in [0.1, 0.15) is 26.0 Å². The van der Waals surface area contributed by atoms with Gasteiger partial charge in [0.2, 0.25) is 0 Å². The van der Waals surface area contributed by atoms with Crippen LogP contribution in [0.4, 0.5) is 5.69 Å². The lowest BCUT2D eigenvalue weighted by Crippen LogP contribution is -2.51. The molecular formula is C18H23N3O3. The first kappa shape index (κ1) is 16.7. The van der Waals surface area contributed by atoms with Gasteiger partial charge in [-0.3, -0.25) is 15.0 Å². The van der Waals surface area contributed by atoms with E-state index < -0.39 is 4.92 Å². The van der Waals surface area contributed by atoms with Crippen molar-refractivity contribution in [2.75, 3.05) is 13.1 Å². The molecular weight excluding hydrogens is 306 g/mol. The summed E-state index contributed by atoms with van der Waals surface area (Å²) in [6.07, 6.45) is 0.989. The predicted molar refractivity (Wildman–Crippen MR) is 92.4 cm³/mol. The molecule has 0 spiro atoms. The van der Waals surface area contributed by atoms with Crippen LogP contribution in [0.25, 0.3) is 11.3 Å². The van der Waals surface area contributed by atoms with Crippen LogP contribution in [0.5, 0.6) is 0 Å². The summed E-state index contributed by atoms with van der Waals surface area (Å²) in [6, 6.07) is 10.5. The van der Waals surface area contributed by atoms with Gasteiger partial charge in [-0.2, -0.15) is 0 Å². The number of hydrogen-bond donors (Lipinski definition) is 1. The number of furan rings is 1. The van der Waals surface area contributed by atoms with Crippen LogP contribution in [-0.4, -0.2) is 29.0 Å². The molecule has 1 aromatic heterocycles. The molecule has 0 bridgehead atoms. The van der Waals surface area contributed by atoms with E-state index in [2.05, 4.69) is 18.7 Å². The smallest absolute Gasteiger partial charge is 0.269 e. The molecule has 1 aliphatic heterocycles. The third kappa shape index (κ3) is 3.49. The second-order valence-corrected chi connectivity index (χ2v) is 7.16. The Balaban J connectivity index is 1.68. The lowest BCUT2D eigenvalue weighted by atomic mass is 9.80. The van der Waals surface area contributed by atoms with Crippen LogP contribution in [0.3, 0.4) is 0 Å². The molecule has 1 saturated heterocycles. The van der Waals surface area contributed by atoms with Crippen LogP contribution in [0.2, 0.25) is 0 Å². The molecule has 1 atom stereocenters. The monoisotopic (exact) mass is 329 g/mol. The van der Waals surface area contributed by atoms with Crippen molar-refractivity contribution in [3.63, 3.8) is 0 Å². The minimum atomic E-state index is -0.403. The van der Waals surface area contributed by atoms with Crippen LogP contribution in [0, 0.1) is 15.5 Å². The molecule has 6 nitrogen and oxygen atoms in total. The van der Waals surface area contributed by atoms with E-state index in [1.165, 1.54) is 12.1 Å². The fourth-order valence-corrected chi connectivity index (χ4v) is 3.21. The zero-order chi connectivity index (χ0) is 17.3. The van der Waals surface area contributed by atoms with E-state index in [1.807, 2.05) is 12.1 Å². The molecule has 1 aromatic carbocycles. The average Bonchev–Trinajstić information content (AvgIpc) is 2.99. The molecule has 0 aliphatic carbocycles. The van der Waals surface area contributed by atoms with E-state index >= 15 is 0 Å². The molecule has 0 amide bonds. The van der Waals surface area contributed by atoms with Crippen molar-refractivity contribution >= 4 is 5.69 Å². The quantitative estimate of drug-likeness (QED) is 0.686. The molecule has 0 saturated carbocycles. The van der Waals surface area contributed by atoms with Gasteiger partial charge in [0.15, 0.2) is 0 Å². The number of rotatable bonds is 4. The van der Waals surface area contributed by atoms with Crippen molar-refractivity contribution in [2.45, 2.75) is 32.9 Å². The summed E-state index contributed by atoms with van der Waals surface area (Å²) in [5.74, 6) is 1.63. The SMILES string of the molecule is CC1(C)CN(Cc2ccc(-c3ccc([N+](=O)[O-])cc3)o2)CCC1N. The Hall–Kier alpha value is -2.18. The first-order valence-corrected chi connectivity index (χ1v) is 8.17. The third-order valence-corrected chi connectivity index (χ3v) is 4.79. The second-order valence-electron chi connectivity index (χ2n) is 7.16. The summed E-state index contributed by atoms with van der Waals surface area (Å²) in [4.78, 5) is 12.7. The Morgan fingerprint density at radius 1 is 1.29 bits per heavy atom. The van der Waals surface area contributed by atoms with Crippen molar-refractivity contribution in [3.8, 4) is 11.3 Å². The highest BCUT2D eigenvalue weighted by molar-refractivity contribution is 5.59. The molecule has 6 heteroatoms. The van der Waals surface area contributed by atoms with Gasteiger partial charge >= 0.3 is 0 Å². The molecule has 2 heterocycles. The van der Waals surface area contributed by atoms with E-state index in [1.54, 1.807) is 12.1 Å². The van der Waals surface area contributed by atoms with E-state index in [9.17, 15) is 10.1 Å². The summed E-state index contributed by atoms with van der Waals surface area (Å²) < 4.78 is 5.93. The molecule has 1 fully saturated rings. The van der Waals surface area contributed by atoms with Crippen LogP contribution in [0.15, 0.2) is 40.8 Å². The Labute approximate surface area is 141 Å². The summed E-state index contributed by atoms with van der Waals surface area (Å²) in [5, 5.41) is 10.7. The number of nitro benzene ring substituents is 1. The van der Waals surface area contributed by atoms with Gasteiger partial charge in [0.25, 0.3) is 5.69 Å². The van der Waals surface area contributed by atoms with Gasteiger partial charge in [-0.1, -0.05) is 13.8 Å². The molecule has 24 heavy (non-hydrogen) atoms. The second kappa shape index (κ2) is 6.37. The first-order chi connectivity index (χ1) is 11.3. The number of nitro groups is 1. The first-order valence-electron chi connectivity index (χ1n) is 8.17. The topological polar surface area (TPSA) is 85.5 Å². The van der Waals surface area contributed by atoms with Gasteiger partial charge in [-0.15, -0.1) is 0 Å². The van der Waals surface area contributed by atoms with Crippen LogP contribution >= 0.6 is 0 Å². The molecule has 0 radical (unpaired) electrons. The number of likely N-dealkylation sites (tertiary alicyclic amines) is 1. The normalized spacial score (nSPS) is 20.9. The zero-order valence-electron chi connectivity index (χ0n) is 14.1. The fraction of sp³-hybridized carbons (Fsp3) is 0.444. The van der Waals surface area contributed by atoms with Crippen LogP contribution in [-0.2, 0) is 6.54 Å². The van der Waals surface area contributed by atoms with Gasteiger partial charge in [0.1, 0.15) is 11.5 Å². The highest BCUT2D eigenvalue weighted by Crippen LogP contribution is 2.30. The van der Waals surface area contributed by atoms with Gasteiger partial charge < -0.3 is 10.2 Å². The molecule has 1 unspecified atom stereocenters. The highest BCUT2D eigenvalue weighted by atomic mass is 16.6. The number of hydrogen-bond acceptors (Lipinski definition) is 5. The maximum atomic E-state index is 10.7. The summed E-state index contributed by atoms with van der Waals surface area (Å²) in [6.45, 7) is 7.07. The van der Waals surface area contributed by atoms with E-state index in [0.29, 0.717) is 0 Å². The summed E-state index contributed by atoms with van der Waals surface area (Å²) in [7, 11) is 0. The standard InChI is InChI=1S/C18H23N3O3/c1-18(2)12-20(10-9-17(18)19)11-15-7-8-16(24-15)13-3-5-14(6-4-13)21(22)23/h3-8,17H,9-12,19H2,1-2H3. The minimum absolute atomic E-state index is 0.0809. The number of nitrogens with two attached hydrogens (primary N) is 1. The van der Waals surface area contributed by atoms with Crippen molar-refractivity contribution in [1.29, 1.82) is 0 Å². The van der Waals surface area contributed by atoms with Crippen molar-refractivity contribution in [3.05, 3.63) is 52.3 Å². The average molecular weight is 329 g/mol. The van der Waals surface area contributed by atoms with Crippen molar-refractivity contribution in [2.24, 2.45) is 11.1 Å². The maximum absolute atomic E-state index is 10.7. The fourth-order valence-electron chi connectivity index (χ4n) is 3.21.